The SMILES string of the molecule is CC(C)CSCCCON. The van der Waals surface area contributed by atoms with Crippen LogP contribution in [0.25, 0.3) is 0 Å². The molecule has 2 nitrogen and oxygen atoms in total. The van der Waals surface area contributed by atoms with Crippen molar-refractivity contribution in [3.8, 4) is 0 Å². The van der Waals surface area contributed by atoms with Crippen molar-refractivity contribution in [2.45, 2.75) is 20.3 Å². The molecular formula is C7H17NOS. The Morgan fingerprint density at radius 3 is 2.70 bits per heavy atom. The smallest absolute Gasteiger partial charge is 0.0687 e. The van der Waals surface area contributed by atoms with Crippen LogP contribution >= 0.6 is 11.8 Å². The van der Waals surface area contributed by atoms with Gasteiger partial charge in [-0.3, -0.25) is 0 Å². The van der Waals surface area contributed by atoms with Gasteiger partial charge in [0.1, 0.15) is 0 Å². The maximum Gasteiger partial charge on any atom is 0.0687 e. The minimum atomic E-state index is 0.686. The first kappa shape index (κ1) is 10.3. The van der Waals surface area contributed by atoms with Gasteiger partial charge in [0.05, 0.1) is 6.61 Å². The van der Waals surface area contributed by atoms with Crippen LogP contribution in [0, 0.1) is 5.92 Å². The summed E-state index contributed by atoms with van der Waals surface area (Å²) in [5.74, 6) is 8.06. The second kappa shape index (κ2) is 7.38. The molecule has 0 spiro atoms. The summed E-state index contributed by atoms with van der Waals surface area (Å²) in [5.41, 5.74) is 0. The standard InChI is InChI=1S/C7H17NOS/c1-7(2)6-10-5-3-4-9-8/h7H,3-6,8H2,1-2H3. The average molecular weight is 163 g/mol. The van der Waals surface area contributed by atoms with Crippen LogP contribution in [0.2, 0.25) is 0 Å². The molecule has 62 valence electrons. The fourth-order valence-electron chi connectivity index (χ4n) is 0.563. The highest BCUT2D eigenvalue weighted by molar-refractivity contribution is 7.99. The Morgan fingerprint density at radius 1 is 1.50 bits per heavy atom. The summed E-state index contributed by atoms with van der Waals surface area (Å²) in [6.07, 6.45) is 1.06. The summed E-state index contributed by atoms with van der Waals surface area (Å²) in [5, 5.41) is 0. The average Bonchev–Trinajstić information content (AvgIpc) is 1.87. The first-order valence-electron chi connectivity index (χ1n) is 3.66. The summed E-state index contributed by atoms with van der Waals surface area (Å²) >= 11 is 1.97. The molecule has 0 aromatic heterocycles. The van der Waals surface area contributed by atoms with Crippen molar-refractivity contribution in [1.29, 1.82) is 0 Å². The lowest BCUT2D eigenvalue weighted by Crippen LogP contribution is -2.02. The van der Waals surface area contributed by atoms with Gasteiger partial charge in [-0.25, -0.2) is 5.90 Å². The van der Waals surface area contributed by atoms with E-state index >= 15 is 0 Å². The van der Waals surface area contributed by atoms with Crippen LogP contribution in [-0.2, 0) is 4.84 Å². The van der Waals surface area contributed by atoms with Crippen LogP contribution in [0.15, 0.2) is 0 Å². The third-order valence-electron chi connectivity index (χ3n) is 1.00. The van der Waals surface area contributed by atoms with E-state index in [0.29, 0.717) is 6.61 Å². The van der Waals surface area contributed by atoms with Crippen LogP contribution in [0.1, 0.15) is 20.3 Å². The zero-order chi connectivity index (χ0) is 7.82. The fourth-order valence-corrected chi connectivity index (χ4v) is 1.52. The molecule has 10 heavy (non-hydrogen) atoms. The summed E-state index contributed by atoms with van der Waals surface area (Å²) in [4.78, 5) is 4.44. The van der Waals surface area contributed by atoms with Crippen LogP contribution in [0.5, 0.6) is 0 Å². The zero-order valence-corrected chi connectivity index (χ0v) is 7.62. The van der Waals surface area contributed by atoms with Crippen LogP contribution in [0.3, 0.4) is 0 Å². The highest BCUT2D eigenvalue weighted by Crippen LogP contribution is 2.07. The minimum absolute atomic E-state index is 0.686. The largest absolute Gasteiger partial charge is 0.305 e. The molecule has 0 aromatic rings. The van der Waals surface area contributed by atoms with Gasteiger partial charge in [-0.1, -0.05) is 13.8 Å². The third-order valence-corrected chi connectivity index (χ3v) is 2.48. The molecule has 0 aliphatic carbocycles. The van der Waals surface area contributed by atoms with E-state index < -0.39 is 0 Å². The molecule has 0 atom stereocenters. The highest BCUT2D eigenvalue weighted by atomic mass is 32.2. The van der Waals surface area contributed by atoms with Gasteiger partial charge in [-0.05, 0) is 23.8 Å². The number of hydrogen-bond donors (Lipinski definition) is 1. The van der Waals surface area contributed by atoms with Crippen molar-refractivity contribution in [2.75, 3.05) is 18.1 Å². The zero-order valence-electron chi connectivity index (χ0n) is 6.80. The van der Waals surface area contributed by atoms with Gasteiger partial charge in [0.15, 0.2) is 0 Å². The van der Waals surface area contributed by atoms with Crippen molar-refractivity contribution >= 4 is 11.8 Å². The van der Waals surface area contributed by atoms with E-state index in [1.165, 1.54) is 5.75 Å². The molecule has 0 aromatic carbocycles. The first-order valence-corrected chi connectivity index (χ1v) is 4.82. The van der Waals surface area contributed by atoms with Gasteiger partial charge in [-0.2, -0.15) is 11.8 Å². The van der Waals surface area contributed by atoms with E-state index in [1.807, 2.05) is 11.8 Å². The van der Waals surface area contributed by atoms with Gasteiger partial charge in [-0.15, -0.1) is 0 Å². The molecule has 3 heteroatoms. The van der Waals surface area contributed by atoms with Crippen molar-refractivity contribution in [2.24, 2.45) is 11.8 Å². The fraction of sp³-hybridized carbons (Fsp3) is 1.00. The molecular weight excluding hydrogens is 146 g/mol. The molecule has 0 fully saturated rings. The highest BCUT2D eigenvalue weighted by Gasteiger charge is 1.93. The van der Waals surface area contributed by atoms with E-state index in [2.05, 4.69) is 18.7 Å². The Labute approximate surface area is 67.5 Å². The van der Waals surface area contributed by atoms with Crippen molar-refractivity contribution in [1.82, 2.24) is 0 Å². The van der Waals surface area contributed by atoms with Gasteiger partial charge >= 0.3 is 0 Å². The second-order valence-electron chi connectivity index (χ2n) is 2.69. The molecule has 0 radical (unpaired) electrons. The van der Waals surface area contributed by atoms with E-state index in [0.717, 1.165) is 18.1 Å². The van der Waals surface area contributed by atoms with Gasteiger partial charge in [0.2, 0.25) is 0 Å². The monoisotopic (exact) mass is 163 g/mol. The van der Waals surface area contributed by atoms with E-state index in [-0.39, 0.29) is 0 Å². The molecule has 0 unspecified atom stereocenters. The minimum Gasteiger partial charge on any atom is -0.305 e. The summed E-state index contributed by atoms with van der Waals surface area (Å²) in [6, 6.07) is 0. The molecule has 0 rings (SSSR count). The maximum absolute atomic E-state index is 4.86. The molecule has 0 saturated carbocycles. The van der Waals surface area contributed by atoms with Crippen LogP contribution < -0.4 is 5.90 Å². The Bertz CT molecular complexity index is 68.6. The number of rotatable bonds is 6. The number of hydrogen-bond acceptors (Lipinski definition) is 3. The van der Waals surface area contributed by atoms with E-state index in [4.69, 9.17) is 5.90 Å². The Balaban J connectivity index is 2.77. The van der Waals surface area contributed by atoms with Gasteiger partial charge < -0.3 is 4.84 Å². The second-order valence-corrected chi connectivity index (χ2v) is 3.84. The van der Waals surface area contributed by atoms with Crippen LogP contribution in [0.4, 0.5) is 0 Å². The summed E-state index contributed by atoms with van der Waals surface area (Å²) in [6.45, 7) is 5.14. The predicted molar refractivity (Wildman–Crippen MR) is 46.9 cm³/mol. The quantitative estimate of drug-likeness (QED) is 0.478. The van der Waals surface area contributed by atoms with Crippen molar-refractivity contribution < 1.29 is 4.84 Å². The van der Waals surface area contributed by atoms with Crippen molar-refractivity contribution in [3.63, 3.8) is 0 Å². The lowest BCUT2D eigenvalue weighted by Gasteiger charge is -2.02. The van der Waals surface area contributed by atoms with E-state index in [9.17, 15) is 0 Å². The van der Waals surface area contributed by atoms with Gasteiger partial charge in [0.25, 0.3) is 0 Å². The third kappa shape index (κ3) is 8.27. The molecule has 0 amide bonds. The van der Waals surface area contributed by atoms with Gasteiger partial charge in [0, 0.05) is 0 Å². The number of thioether (sulfide) groups is 1. The van der Waals surface area contributed by atoms with Crippen LogP contribution in [-0.4, -0.2) is 18.1 Å². The Morgan fingerprint density at radius 2 is 2.20 bits per heavy atom. The molecule has 0 aliphatic rings. The summed E-state index contributed by atoms with van der Waals surface area (Å²) in [7, 11) is 0. The molecule has 2 N–H and O–H groups in total. The molecule has 0 heterocycles. The molecule has 0 aliphatic heterocycles. The Kier molecular flexibility index (Phi) is 7.58. The topological polar surface area (TPSA) is 35.2 Å². The maximum atomic E-state index is 4.86. The predicted octanol–water partition coefficient (Wildman–Crippen LogP) is 1.66. The molecule has 0 bridgehead atoms. The normalized spacial score (nSPS) is 10.8. The lowest BCUT2D eigenvalue weighted by molar-refractivity contribution is 0.139. The number of nitrogens with two attached hydrogens (primary N) is 1. The Hall–Kier alpha value is 0.270. The summed E-state index contributed by atoms with van der Waals surface area (Å²) < 4.78 is 0. The van der Waals surface area contributed by atoms with Crippen molar-refractivity contribution in [3.05, 3.63) is 0 Å². The molecule has 0 saturated heterocycles. The first-order chi connectivity index (χ1) is 4.77. The van der Waals surface area contributed by atoms with E-state index in [1.54, 1.807) is 0 Å². The lowest BCUT2D eigenvalue weighted by atomic mass is 10.3.